The van der Waals surface area contributed by atoms with E-state index in [1.165, 1.54) is 19.2 Å². The largest absolute Gasteiger partial charge is 0.426 e. The van der Waals surface area contributed by atoms with Crippen LogP contribution in [0, 0.1) is 0 Å². The van der Waals surface area contributed by atoms with E-state index in [1.807, 2.05) is 13.8 Å². The quantitative estimate of drug-likeness (QED) is 0.489. The van der Waals surface area contributed by atoms with Gasteiger partial charge in [0.15, 0.2) is 0 Å². The van der Waals surface area contributed by atoms with Crippen LogP contribution < -0.4 is 0 Å². The fourth-order valence-corrected chi connectivity index (χ4v) is 1.19. The van der Waals surface area contributed by atoms with Crippen molar-refractivity contribution in [2.75, 3.05) is 6.66 Å². The van der Waals surface area contributed by atoms with E-state index in [1.54, 1.807) is 12.2 Å². The Labute approximate surface area is 80.0 Å². The number of hydrogen-bond donors (Lipinski definition) is 0. The lowest BCUT2D eigenvalue weighted by Crippen LogP contribution is -1.82. The van der Waals surface area contributed by atoms with Gasteiger partial charge >= 0.3 is 7.60 Å². The summed E-state index contributed by atoms with van der Waals surface area (Å²) in [7, 11) is -2.93. The summed E-state index contributed by atoms with van der Waals surface area (Å²) >= 11 is 0. The monoisotopic (exact) mass is 204 g/mol. The van der Waals surface area contributed by atoms with Gasteiger partial charge in [0, 0.05) is 0 Å². The van der Waals surface area contributed by atoms with Gasteiger partial charge in [0.05, 0.1) is 19.2 Å². The van der Waals surface area contributed by atoms with Crippen molar-refractivity contribution in [3.8, 4) is 0 Å². The SMILES string of the molecule is CCC=COP(C)(=O)OC=CCC. The van der Waals surface area contributed by atoms with Gasteiger partial charge in [-0.15, -0.1) is 0 Å². The zero-order valence-corrected chi connectivity index (χ0v) is 9.29. The first-order valence-corrected chi connectivity index (χ1v) is 6.35. The van der Waals surface area contributed by atoms with Crippen LogP contribution in [0.4, 0.5) is 0 Å². The second-order valence-electron chi connectivity index (χ2n) is 2.54. The van der Waals surface area contributed by atoms with Gasteiger partial charge in [-0.3, -0.25) is 0 Å². The van der Waals surface area contributed by atoms with Gasteiger partial charge in [-0.05, 0) is 25.0 Å². The minimum atomic E-state index is -2.93. The number of rotatable bonds is 6. The van der Waals surface area contributed by atoms with E-state index < -0.39 is 7.60 Å². The Morgan fingerprint density at radius 2 is 1.46 bits per heavy atom. The van der Waals surface area contributed by atoms with Gasteiger partial charge in [0.25, 0.3) is 0 Å². The summed E-state index contributed by atoms with van der Waals surface area (Å²) in [4.78, 5) is 0. The van der Waals surface area contributed by atoms with Crippen molar-refractivity contribution in [1.82, 2.24) is 0 Å². The van der Waals surface area contributed by atoms with Crippen LogP contribution in [0.1, 0.15) is 26.7 Å². The predicted molar refractivity (Wildman–Crippen MR) is 54.6 cm³/mol. The average Bonchev–Trinajstić information content (AvgIpc) is 2.05. The van der Waals surface area contributed by atoms with Gasteiger partial charge in [-0.2, -0.15) is 0 Å². The van der Waals surface area contributed by atoms with E-state index in [0.29, 0.717) is 0 Å². The highest BCUT2D eigenvalue weighted by Crippen LogP contribution is 2.44. The highest BCUT2D eigenvalue weighted by atomic mass is 31.2. The van der Waals surface area contributed by atoms with Crippen LogP contribution in [0.3, 0.4) is 0 Å². The first-order valence-electron chi connectivity index (χ1n) is 4.36. The molecule has 0 bridgehead atoms. The lowest BCUT2D eigenvalue weighted by atomic mass is 10.5. The molecule has 76 valence electrons. The highest BCUT2D eigenvalue weighted by molar-refractivity contribution is 7.53. The Morgan fingerprint density at radius 3 is 1.77 bits per heavy atom. The second kappa shape index (κ2) is 6.79. The van der Waals surface area contributed by atoms with E-state index in [9.17, 15) is 4.57 Å². The van der Waals surface area contributed by atoms with E-state index in [4.69, 9.17) is 9.05 Å². The highest BCUT2D eigenvalue weighted by Gasteiger charge is 2.14. The van der Waals surface area contributed by atoms with Gasteiger partial charge in [-0.25, -0.2) is 4.57 Å². The molecule has 0 N–H and O–H groups in total. The Balaban J connectivity index is 3.86. The lowest BCUT2D eigenvalue weighted by molar-refractivity contribution is 0.333. The molecular weight excluding hydrogens is 187 g/mol. The molecule has 0 saturated carbocycles. The average molecular weight is 204 g/mol. The summed E-state index contributed by atoms with van der Waals surface area (Å²) in [5, 5.41) is 0. The van der Waals surface area contributed by atoms with Gasteiger partial charge in [0.1, 0.15) is 0 Å². The molecule has 4 heteroatoms. The fraction of sp³-hybridized carbons (Fsp3) is 0.556. The Morgan fingerprint density at radius 1 is 1.08 bits per heavy atom. The summed E-state index contributed by atoms with van der Waals surface area (Å²) in [5.74, 6) is 0. The summed E-state index contributed by atoms with van der Waals surface area (Å²) < 4.78 is 21.3. The zero-order valence-electron chi connectivity index (χ0n) is 8.40. The van der Waals surface area contributed by atoms with E-state index in [0.717, 1.165) is 12.8 Å². The summed E-state index contributed by atoms with van der Waals surface area (Å²) in [6.07, 6.45) is 8.10. The maximum Gasteiger partial charge on any atom is 0.426 e. The molecule has 0 aromatic carbocycles. The van der Waals surface area contributed by atoms with Crippen LogP contribution in [-0.2, 0) is 13.6 Å². The van der Waals surface area contributed by atoms with Crippen molar-refractivity contribution < 1.29 is 13.6 Å². The van der Waals surface area contributed by atoms with Crippen molar-refractivity contribution in [3.63, 3.8) is 0 Å². The molecule has 0 aromatic heterocycles. The summed E-state index contributed by atoms with van der Waals surface area (Å²) in [5.41, 5.74) is 0. The summed E-state index contributed by atoms with van der Waals surface area (Å²) in [6.45, 7) is 5.38. The number of allylic oxidation sites excluding steroid dienone is 2. The Hall–Kier alpha value is -0.690. The molecule has 0 aliphatic heterocycles. The van der Waals surface area contributed by atoms with E-state index in [-0.39, 0.29) is 0 Å². The lowest BCUT2D eigenvalue weighted by Gasteiger charge is -2.09. The van der Waals surface area contributed by atoms with Crippen molar-refractivity contribution in [3.05, 3.63) is 24.7 Å². The van der Waals surface area contributed by atoms with Crippen LogP contribution in [0.5, 0.6) is 0 Å². The maximum atomic E-state index is 11.4. The van der Waals surface area contributed by atoms with Gasteiger partial charge in [0.2, 0.25) is 0 Å². The van der Waals surface area contributed by atoms with Crippen molar-refractivity contribution in [2.45, 2.75) is 26.7 Å². The van der Waals surface area contributed by atoms with E-state index in [2.05, 4.69) is 0 Å². The van der Waals surface area contributed by atoms with Crippen LogP contribution in [0.25, 0.3) is 0 Å². The zero-order chi connectivity index (χ0) is 10.2. The molecule has 0 aromatic rings. The molecule has 13 heavy (non-hydrogen) atoms. The van der Waals surface area contributed by atoms with Crippen molar-refractivity contribution >= 4 is 7.60 Å². The third kappa shape index (κ3) is 7.66. The Kier molecular flexibility index (Phi) is 6.43. The van der Waals surface area contributed by atoms with Crippen LogP contribution in [0.15, 0.2) is 24.7 Å². The molecule has 0 heterocycles. The third-order valence-corrected chi connectivity index (χ3v) is 2.18. The fourth-order valence-electron chi connectivity index (χ4n) is 0.524. The molecule has 0 spiro atoms. The van der Waals surface area contributed by atoms with Gasteiger partial charge < -0.3 is 9.05 Å². The van der Waals surface area contributed by atoms with Crippen LogP contribution in [-0.4, -0.2) is 6.66 Å². The second-order valence-corrected chi connectivity index (χ2v) is 4.51. The smallest absolute Gasteiger partial charge is 0.425 e. The van der Waals surface area contributed by atoms with Crippen LogP contribution in [0.2, 0.25) is 0 Å². The molecule has 0 atom stereocenters. The molecule has 0 aliphatic carbocycles. The molecule has 0 radical (unpaired) electrons. The molecule has 0 saturated heterocycles. The Bertz CT molecular complexity index is 201. The first-order chi connectivity index (χ1) is 6.12. The molecule has 0 aliphatic rings. The normalized spacial score (nSPS) is 16.2. The predicted octanol–water partition coefficient (Wildman–Crippen LogP) is 3.69. The first kappa shape index (κ1) is 12.3. The van der Waals surface area contributed by atoms with Gasteiger partial charge in [-0.1, -0.05) is 13.8 Å². The minimum Gasteiger partial charge on any atom is -0.425 e. The molecule has 0 rings (SSSR count). The van der Waals surface area contributed by atoms with E-state index >= 15 is 0 Å². The maximum absolute atomic E-state index is 11.4. The summed E-state index contributed by atoms with van der Waals surface area (Å²) in [6, 6.07) is 0. The van der Waals surface area contributed by atoms with Crippen molar-refractivity contribution in [1.29, 1.82) is 0 Å². The minimum absolute atomic E-state index is 0.852. The van der Waals surface area contributed by atoms with Crippen molar-refractivity contribution in [2.24, 2.45) is 0 Å². The topological polar surface area (TPSA) is 35.5 Å². The third-order valence-electron chi connectivity index (χ3n) is 1.17. The molecule has 0 amide bonds. The number of hydrogen-bond acceptors (Lipinski definition) is 3. The van der Waals surface area contributed by atoms with Crippen LogP contribution >= 0.6 is 7.60 Å². The molecular formula is C9H17O3P. The molecule has 3 nitrogen and oxygen atoms in total. The molecule has 0 fully saturated rings. The molecule has 0 unspecified atom stereocenters. The standard InChI is InChI=1S/C9H17O3P/c1-4-6-8-11-13(3,10)12-9-7-5-2/h6-9H,4-5H2,1-3H3.